The first-order valence-electron chi connectivity index (χ1n) is 6.07. The summed E-state index contributed by atoms with van der Waals surface area (Å²) in [6.45, 7) is 4.92. The van der Waals surface area contributed by atoms with Crippen LogP contribution in [0.2, 0.25) is 0 Å². The van der Waals surface area contributed by atoms with Gasteiger partial charge in [0.25, 0.3) is 0 Å². The Morgan fingerprint density at radius 3 is 2.94 bits per heavy atom. The maximum atomic E-state index is 5.23. The zero-order valence-electron chi connectivity index (χ0n) is 11.0. The van der Waals surface area contributed by atoms with Crippen molar-refractivity contribution >= 4 is 0 Å². The maximum Gasteiger partial charge on any atom is 0.119 e. The minimum atomic E-state index is 0.260. The Labute approximate surface area is 107 Å². The summed E-state index contributed by atoms with van der Waals surface area (Å²) in [5, 5.41) is 3.46. The second kappa shape index (κ2) is 5.69. The lowest BCUT2D eigenvalue weighted by atomic mass is 10.1. The first kappa shape index (κ1) is 12.6. The number of aromatic amines is 1. The fraction of sp³-hybridized carbons (Fsp3) is 0.357. The standard InChI is InChI=1S/C14H19N3O/c1-10(12-5-4-6-13(7-12)18-3)15-8-14-11(2)16-9-17-14/h4-7,9-10,15H,8H2,1-3H3,(H,16,17). The molecular formula is C14H19N3O. The van der Waals surface area contributed by atoms with Gasteiger partial charge in [0.15, 0.2) is 0 Å². The number of ether oxygens (including phenoxy) is 1. The molecule has 96 valence electrons. The molecule has 0 aliphatic carbocycles. The Bertz CT molecular complexity index is 507. The molecule has 1 aromatic carbocycles. The number of imidazole rings is 1. The second-order valence-electron chi connectivity index (χ2n) is 4.35. The van der Waals surface area contributed by atoms with E-state index in [-0.39, 0.29) is 6.04 Å². The quantitative estimate of drug-likeness (QED) is 0.851. The molecule has 0 aliphatic heterocycles. The number of hydrogen-bond donors (Lipinski definition) is 2. The van der Waals surface area contributed by atoms with E-state index in [1.165, 1.54) is 5.56 Å². The van der Waals surface area contributed by atoms with Crippen molar-refractivity contribution < 1.29 is 4.74 Å². The summed E-state index contributed by atoms with van der Waals surface area (Å²) in [7, 11) is 1.68. The molecule has 2 aromatic rings. The van der Waals surface area contributed by atoms with Gasteiger partial charge in [-0.15, -0.1) is 0 Å². The molecule has 2 N–H and O–H groups in total. The molecule has 1 unspecified atom stereocenters. The molecule has 0 saturated heterocycles. The number of benzene rings is 1. The first-order chi connectivity index (χ1) is 8.70. The van der Waals surface area contributed by atoms with Gasteiger partial charge in [-0.3, -0.25) is 0 Å². The normalized spacial score (nSPS) is 12.4. The summed E-state index contributed by atoms with van der Waals surface area (Å²) in [6, 6.07) is 8.36. The molecule has 0 spiro atoms. The van der Waals surface area contributed by atoms with Crippen LogP contribution in [-0.4, -0.2) is 17.1 Å². The molecule has 0 amide bonds. The van der Waals surface area contributed by atoms with Gasteiger partial charge in [0, 0.05) is 18.3 Å². The van der Waals surface area contributed by atoms with E-state index in [1.54, 1.807) is 13.4 Å². The lowest BCUT2D eigenvalue weighted by Gasteiger charge is -2.14. The van der Waals surface area contributed by atoms with Gasteiger partial charge < -0.3 is 15.0 Å². The Morgan fingerprint density at radius 2 is 2.28 bits per heavy atom. The lowest BCUT2D eigenvalue weighted by molar-refractivity contribution is 0.413. The van der Waals surface area contributed by atoms with Crippen molar-refractivity contribution in [2.24, 2.45) is 0 Å². The van der Waals surface area contributed by atoms with Crippen molar-refractivity contribution in [3.8, 4) is 5.75 Å². The molecule has 1 heterocycles. The molecule has 0 bridgehead atoms. The summed E-state index contributed by atoms with van der Waals surface area (Å²) in [4.78, 5) is 7.35. The van der Waals surface area contributed by atoms with Gasteiger partial charge in [0.05, 0.1) is 19.1 Å². The number of H-pyrrole nitrogens is 1. The minimum Gasteiger partial charge on any atom is -0.497 e. The fourth-order valence-electron chi connectivity index (χ4n) is 1.84. The molecule has 2 rings (SSSR count). The van der Waals surface area contributed by atoms with Crippen molar-refractivity contribution in [1.29, 1.82) is 0 Å². The van der Waals surface area contributed by atoms with Crippen molar-refractivity contribution in [1.82, 2.24) is 15.3 Å². The average molecular weight is 245 g/mol. The molecule has 18 heavy (non-hydrogen) atoms. The minimum absolute atomic E-state index is 0.260. The highest BCUT2D eigenvalue weighted by Crippen LogP contribution is 2.19. The summed E-state index contributed by atoms with van der Waals surface area (Å²) in [5.74, 6) is 0.886. The van der Waals surface area contributed by atoms with Crippen LogP contribution in [0, 0.1) is 6.92 Å². The van der Waals surface area contributed by atoms with E-state index in [0.29, 0.717) is 0 Å². The molecular weight excluding hydrogens is 226 g/mol. The Hall–Kier alpha value is -1.81. The Balaban J connectivity index is 1.99. The zero-order chi connectivity index (χ0) is 13.0. The largest absolute Gasteiger partial charge is 0.497 e. The molecule has 1 aromatic heterocycles. The van der Waals surface area contributed by atoms with Crippen LogP contribution in [0.3, 0.4) is 0 Å². The average Bonchev–Trinajstić information content (AvgIpc) is 2.81. The van der Waals surface area contributed by atoms with Crippen LogP contribution in [0.1, 0.15) is 29.9 Å². The van der Waals surface area contributed by atoms with Gasteiger partial charge in [0.2, 0.25) is 0 Å². The van der Waals surface area contributed by atoms with Crippen LogP contribution < -0.4 is 10.1 Å². The van der Waals surface area contributed by atoms with E-state index in [1.807, 2.05) is 19.1 Å². The van der Waals surface area contributed by atoms with Gasteiger partial charge in [-0.1, -0.05) is 12.1 Å². The molecule has 0 fully saturated rings. The number of hydrogen-bond acceptors (Lipinski definition) is 3. The van der Waals surface area contributed by atoms with E-state index < -0.39 is 0 Å². The van der Waals surface area contributed by atoms with Gasteiger partial charge in [-0.25, -0.2) is 4.98 Å². The molecule has 1 atom stereocenters. The van der Waals surface area contributed by atoms with Crippen molar-refractivity contribution in [2.45, 2.75) is 26.4 Å². The lowest BCUT2D eigenvalue weighted by Crippen LogP contribution is -2.18. The van der Waals surface area contributed by atoms with E-state index in [0.717, 1.165) is 23.7 Å². The highest BCUT2D eigenvalue weighted by molar-refractivity contribution is 5.30. The number of aryl methyl sites for hydroxylation is 1. The van der Waals surface area contributed by atoms with Crippen molar-refractivity contribution in [3.05, 3.63) is 47.5 Å². The zero-order valence-corrected chi connectivity index (χ0v) is 11.0. The summed E-state index contributed by atoms with van der Waals surface area (Å²) in [5.41, 5.74) is 3.38. The van der Waals surface area contributed by atoms with Crippen LogP contribution in [0.4, 0.5) is 0 Å². The third kappa shape index (κ3) is 2.90. The monoisotopic (exact) mass is 245 g/mol. The number of nitrogens with zero attached hydrogens (tertiary/aromatic N) is 1. The van der Waals surface area contributed by atoms with Crippen molar-refractivity contribution in [2.75, 3.05) is 7.11 Å². The van der Waals surface area contributed by atoms with Gasteiger partial charge in [-0.2, -0.15) is 0 Å². The van der Waals surface area contributed by atoms with Gasteiger partial charge in [-0.05, 0) is 31.5 Å². The molecule has 0 saturated carbocycles. The first-order valence-corrected chi connectivity index (χ1v) is 6.07. The van der Waals surface area contributed by atoms with Gasteiger partial charge >= 0.3 is 0 Å². The van der Waals surface area contributed by atoms with E-state index in [2.05, 4.69) is 34.3 Å². The summed E-state index contributed by atoms with van der Waals surface area (Å²) < 4.78 is 5.23. The molecule has 4 nitrogen and oxygen atoms in total. The Kier molecular flexibility index (Phi) is 3.99. The predicted molar refractivity (Wildman–Crippen MR) is 71.6 cm³/mol. The van der Waals surface area contributed by atoms with E-state index in [9.17, 15) is 0 Å². The number of rotatable bonds is 5. The smallest absolute Gasteiger partial charge is 0.119 e. The summed E-state index contributed by atoms with van der Waals surface area (Å²) in [6.07, 6.45) is 1.72. The molecule has 4 heteroatoms. The van der Waals surface area contributed by atoms with Crippen LogP contribution in [-0.2, 0) is 6.54 Å². The highest BCUT2D eigenvalue weighted by atomic mass is 16.5. The van der Waals surface area contributed by atoms with Crippen LogP contribution in [0.15, 0.2) is 30.6 Å². The maximum absolute atomic E-state index is 5.23. The van der Waals surface area contributed by atoms with Crippen molar-refractivity contribution in [3.63, 3.8) is 0 Å². The number of methoxy groups -OCH3 is 1. The van der Waals surface area contributed by atoms with Crippen LogP contribution in [0.5, 0.6) is 5.75 Å². The third-order valence-electron chi connectivity index (χ3n) is 3.10. The highest BCUT2D eigenvalue weighted by Gasteiger charge is 2.07. The SMILES string of the molecule is COc1cccc(C(C)NCc2nc[nH]c2C)c1. The Morgan fingerprint density at radius 1 is 1.44 bits per heavy atom. The topological polar surface area (TPSA) is 49.9 Å². The second-order valence-corrected chi connectivity index (χ2v) is 4.35. The third-order valence-corrected chi connectivity index (χ3v) is 3.10. The summed E-state index contributed by atoms with van der Waals surface area (Å²) >= 11 is 0. The molecule has 0 radical (unpaired) electrons. The van der Waals surface area contributed by atoms with Crippen LogP contribution in [0.25, 0.3) is 0 Å². The van der Waals surface area contributed by atoms with Gasteiger partial charge in [0.1, 0.15) is 5.75 Å². The number of nitrogens with one attached hydrogen (secondary N) is 2. The fourth-order valence-corrected chi connectivity index (χ4v) is 1.84. The molecule has 0 aliphatic rings. The van der Waals surface area contributed by atoms with E-state index >= 15 is 0 Å². The van der Waals surface area contributed by atoms with E-state index in [4.69, 9.17) is 4.74 Å². The predicted octanol–water partition coefficient (Wildman–Crippen LogP) is 2.58. The van der Waals surface area contributed by atoms with Crippen LogP contribution >= 0.6 is 0 Å². The number of aromatic nitrogens is 2.